The highest BCUT2D eigenvalue weighted by Crippen LogP contribution is 2.03. The number of nitriles is 1. The molecule has 86 valence electrons. The average molecular weight is 216 g/mol. The summed E-state index contributed by atoms with van der Waals surface area (Å²) in [5, 5.41) is 11.8. The van der Waals surface area contributed by atoms with Crippen molar-refractivity contribution < 1.29 is 0 Å². The molecule has 0 atom stereocenters. The van der Waals surface area contributed by atoms with E-state index in [-0.39, 0.29) is 0 Å². The summed E-state index contributed by atoms with van der Waals surface area (Å²) in [6, 6.07) is 10.8. The van der Waals surface area contributed by atoms with E-state index < -0.39 is 0 Å². The van der Waals surface area contributed by atoms with Crippen LogP contribution in [0.25, 0.3) is 0 Å². The highest BCUT2D eigenvalue weighted by atomic mass is 14.8. The van der Waals surface area contributed by atoms with Crippen LogP contribution in [0.1, 0.15) is 30.4 Å². The second-order valence-electron chi connectivity index (χ2n) is 4.10. The lowest BCUT2D eigenvalue weighted by molar-refractivity contribution is 0.628. The van der Waals surface area contributed by atoms with Crippen LogP contribution in [0, 0.1) is 18.3 Å². The van der Waals surface area contributed by atoms with E-state index >= 15 is 0 Å². The Balaban J connectivity index is 2.05. The van der Waals surface area contributed by atoms with Gasteiger partial charge in [-0.3, -0.25) is 0 Å². The molecule has 0 aliphatic carbocycles. The van der Waals surface area contributed by atoms with Gasteiger partial charge in [0.05, 0.1) is 6.07 Å². The number of rotatable bonds is 7. The molecule has 0 unspecified atom stereocenters. The fourth-order valence-electron chi connectivity index (χ4n) is 1.68. The van der Waals surface area contributed by atoms with Gasteiger partial charge < -0.3 is 5.32 Å². The molecule has 1 N–H and O–H groups in total. The minimum atomic E-state index is 0.680. The zero-order valence-electron chi connectivity index (χ0n) is 10.00. The van der Waals surface area contributed by atoms with Crippen molar-refractivity contribution in [3.8, 4) is 6.07 Å². The largest absolute Gasteiger partial charge is 0.316 e. The van der Waals surface area contributed by atoms with Crippen molar-refractivity contribution in [3.63, 3.8) is 0 Å². The summed E-state index contributed by atoms with van der Waals surface area (Å²) in [4.78, 5) is 0. The smallest absolute Gasteiger partial charge is 0.0621 e. The molecule has 0 aliphatic rings. The Kier molecular flexibility index (Phi) is 6.29. The van der Waals surface area contributed by atoms with Crippen molar-refractivity contribution in [2.24, 2.45) is 0 Å². The number of nitrogens with one attached hydrogen (secondary N) is 1. The van der Waals surface area contributed by atoms with Crippen molar-refractivity contribution in [2.45, 2.75) is 32.6 Å². The van der Waals surface area contributed by atoms with Gasteiger partial charge in [-0.05, 0) is 44.8 Å². The molecule has 0 amide bonds. The molecule has 2 heteroatoms. The van der Waals surface area contributed by atoms with E-state index in [4.69, 9.17) is 5.26 Å². The number of hydrogen-bond donors (Lipinski definition) is 1. The van der Waals surface area contributed by atoms with Crippen LogP contribution in [-0.4, -0.2) is 13.1 Å². The van der Waals surface area contributed by atoms with Crippen LogP contribution >= 0.6 is 0 Å². The third-order valence-electron chi connectivity index (χ3n) is 2.57. The van der Waals surface area contributed by atoms with Crippen molar-refractivity contribution in [2.75, 3.05) is 13.1 Å². The molecule has 1 aromatic carbocycles. The minimum absolute atomic E-state index is 0.680. The maximum atomic E-state index is 8.37. The average Bonchev–Trinajstić information content (AvgIpc) is 2.28. The highest BCUT2D eigenvalue weighted by molar-refractivity contribution is 5.22. The van der Waals surface area contributed by atoms with E-state index in [0.717, 1.165) is 32.4 Å². The van der Waals surface area contributed by atoms with E-state index in [1.807, 2.05) is 0 Å². The maximum Gasteiger partial charge on any atom is 0.0621 e. The number of aryl methyl sites for hydroxylation is 1. The van der Waals surface area contributed by atoms with E-state index in [2.05, 4.69) is 42.6 Å². The molecule has 16 heavy (non-hydrogen) atoms. The van der Waals surface area contributed by atoms with Gasteiger partial charge in [0.2, 0.25) is 0 Å². The molecule has 0 aromatic heterocycles. The fourth-order valence-corrected chi connectivity index (χ4v) is 1.68. The monoisotopic (exact) mass is 216 g/mol. The Morgan fingerprint density at radius 3 is 2.88 bits per heavy atom. The van der Waals surface area contributed by atoms with E-state index in [0.29, 0.717) is 6.42 Å². The summed E-state index contributed by atoms with van der Waals surface area (Å²) in [6.07, 6.45) is 3.87. The van der Waals surface area contributed by atoms with Gasteiger partial charge in [-0.25, -0.2) is 0 Å². The third-order valence-corrected chi connectivity index (χ3v) is 2.57. The first-order chi connectivity index (χ1) is 7.83. The number of nitrogens with zero attached hydrogens (tertiary/aromatic N) is 1. The lowest BCUT2D eigenvalue weighted by Crippen LogP contribution is -2.18. The quantitative estimate of drug-likeness (QED) is 0.711. The van der Waals surface area contributed by atoms with Crippen LogP contribution in [-0.2, 0) is 6.42 Å². The second kappa shape index (κ2) is 7.90. The zero-order chi connectivity index (χ0) is 11.6. The van der Waals surface area contributed by atoms with Gasteiger partial charge in [0, 0.05) is 6.42 Å². The molecule has 0 bridgehead atoms. The summed E-state index contributed by atoms with van der Waals surface area (Å²) in [7, 11) is 0. The molecular weight excluding hydrogens is 196 g/mol. The Hall–Kier alpha value is -1.33. The summed E-state index contributed by atoms with van der Waals surface area (Å²) >= 11 is 0. The number of hydrogen-bond acceptors (Lipinski definition) is 2. The summed E-state index contributed by atoms with van der Waals surface area (Å²) in [5.41, 5.74) is 2.72. The molecular formula is C14H20N2. The predicted molar refractivity (Wildman–Crippen MR) is 67.2 cm³/mol. The first-order valence-corrected chi connectivity index (χ1v) is 5.96. The lowest BCUT2D eigenvalue weighted by atomic mass is 10.1. The van der Waals surface area contributed by atoms with E-state index in [9.17, 15) is 0 Å². The Morgan fingerprint density at radius 1 is 1.25 bits per heavy atom. The molecule has 0 fully saturated rings. The van der Waals surface area contributed by atoms with Gasteiger partial charge in [-0.2, -0.15) is 5.26 Å². The fraction of sp³-hybridized carbons (Fsp3) is 0.500. The molecule has 0 spiro atoms. The van der Waals surface area contributed by atoms with Crippen molar-refractivity contribution >= 4 is 0 Å². The second-order valence-corrected chi connectivity index (χ2v) is 4.10. The van der Waals surface area contributed by atoms with E-state index in [1.54, 1.807) is 0 Å². The molecule has 0 saturated carbocycles. The van der Waals surface area contributed by atoms with Gasteiger partial charge in [-0.1, -0.05) is 29.8 Å². The van der Waals surface area contributed by atoms with Crippen molar-refractivity contribution in [3.05, 3.63) is 35.4 Å². The molecule has 0 aliphatic heterocycles. The van der Waals surface area contributed by atoms with Gasteiger partial charge in [0.1, 0.15) is 0 Å². The van der Waals surface area contributed by atoms with Crippen molar-refractivity contribution in [1.29, 1.82) is 5.26 Å². The molecule has 2 nitrogen and oxygen atoms in total. The van der Waals surface area contributed by atoms with E-state index in [1.165, 1.54) is 11.1 Å². The van der Waals surface area contributed by atoms with Crippen molar-refractivity contribution in [1.82, 2.24) is 5.32 Å². The van der Waals surface area contributed by atoms with Crippen LogP contribution in [0.15, 0.2) is 24.3 Å². The Morgan fingerprint density at radius 2 is 2.12 bits per heavy atom. The maximum absolute atomic E-state index is 8.37. The molecule has 0 saturated heterocycles. The normalized spacial score (nSPS) is 10.0. The van der Waals surface area contributed by atoms with Crippen LogP contribution < -0.4 is 5.32 Å². The van der Waals surface area contributed by atoms with Crippen LogP contribution in [0.2, 0.25) is 0 Å². The molecule has 0 heterocycles. The first-order valence-electron chi connectivity index (χ1n) is 5.96. The van der Waals surface area contributed by atoms with Gasteiger partial charge >= 0.3 is 0 Å². The molecule has 1 aromatic rings. The summed E-state index contributed by atoms with van der Waals surface area (Å²) < 4.78 is 0. The third kappa shape index (κ3) is 5.53. The number of benzene rings is 1. The lowest BCUT2D eigenvalue weighted by Gasteiger charge is -2.04. The Labute approximate surface area is 98.3 Å². The predicted octanol–water partition coefficient (Wildman–Crippen LogP) is 2.82. The zero-order valence-corrected chi connectivity index (χ0v) is 10.00. The number of unbranched alkanes of at least 4 members (excludes halogenated alkanes) is 2. The van der Waals surface area contributed by atoms with Crippen LogP contribution in [0.5, 0.6) is 0 Å². The van der Waals surface area contributed by atoms with Gasteiger partial charge in [0.15, 0.2) is 0 Å². The van der Waals surface area contributed by atoms with Crippen LogP contribution in [0.4, 0.5) is 0 Å². The SMILES string of the molecule is Cc1cccc(CCNCCCCC#N)c1. The van der Waals surface area contributed by atoms with Crippen LogP contribution in [0.3, 0.4) is 0 Å². The van der Waals surface area contributed by atoms with Gasteiger partial charge in [-0.15, -0.1) is 0 Å². The van der Waals surface area contributed by atoms with Gasteiger partial charge in [0.25, 0.3) is 0 Å². The minimum Gasteiger partial charge on any atom is -0.316 e. The topological polar surface area (TPSA) is 35.8 Å². The molecule has 0 radical (unpaired) electrons. The standard InChI is InChI=1S/C14H20N2/c1-13-6-5-7-14(12-13)8-11-16-10-4-2-3-9-15/h5-7,12,16H,2-4,8,10-11H2,1H3. The Bertz CT molecular complexity index is 339. The summed E-state index contributed by atoms with van der Waals surface area (Å²) in [5.74, 6) is 0. The summed E-state index contributed by atoms with van der Waals surface area (Å²) in [6.45, 7) is 4.17. The highest BCUT2D eigenvalue weighted by Gasteiger charge is 1.93. The molecule has 1 rings (SSSR count). The first kappa shape index (κ1) is 12.7.